The third-order valence-electron chi connectivity index (χ3n) is 8.60. The molecule has 11 heteroatoms. The number of halogens is 4. The minimum atomic E-state index is -2.09. The number of nitrogens with zero attached hydrogens (tertiary/aromatic N) is 2. The number of carbonyl (C=O) groups excluding carboxylic acids is 4. The highest BCUT2D eigenvalue weighted by Crippen LogP contribution is 2.66. The molecule has 39 heavy (non-hydrogen) atoms. The lowest BCUT2D eigenvalue weighted by atomic mass is 9.56. The van der Waals surface area contributed by atoms with Crippen molar-refractivity contribution in [2.45, 2.75) is 35.4 Å². The molecule has 3 fully saturated rings. The molecule has 0 spiro atoms. The minimum Gasteiger partial charge on any atom is -0.508 e. The van der Waals surface area contributed by atoms with Crippen LogP contribution in [0, 0.1) is 23.6 Å². The van der Waals surface area contributed by atoms with Crippen molar-refractivity contribution in [3.63, 3.8) is 0 Å². The number of alkyl halides is 2. The van der Waals surface area contributed by atoms with Crippen molar-refractivity contribution in [3.8, 4) is 5.75 Å². The molecule has 4 aliphatic rings. The highest BCUT2D eigenvalue weighted by molar-refractivity contribution is 9.10. The van der Waals surface area contributed by atoms with Crippen LogP contribution in [0.3, 0.4) is 0 Å². The van der Waals surface area contributed by atoms with Gasteiger partial charge in [-0.05, 0) is 68.1 Å². The standard InChI is InChI=1S/C28H22BrCl2FN2O5/c1-2-33-23(36)17-9-8-16-19(21(17)24(33)37)12-27(30)25(38)34(15-6-4-14(32)5-7-15)26(39)28(27,31)22(16)18-11-13(29)3-10-20(18)35/h3-8,10-11,17,19,21-22,35H,2,9,12H2,1H3/t17-,19+,21-,22+,27+,28-/m0/s1. The van der Waals surface area contributed by atoms with E-state index in [0.717, 1.165) is 17.0 Å². The summed E-state index contributed by atoms with van der Waals surface area (Å²) < 4.78 is 14.3. The van der Waals surface area contributed by atoms with Crippen molar-refractivity contribution in [2.24, 2.45) is 17.8 Å². The first-order chi connectivity index (χ1) is 18.5. The van der Waals surface area contributed by atoms with Crippen molar-refractivity contribution in [1.82, 2.24) is 4.90 Å². The van der Waals surface area contributed by atoms with Gasteiger partial charge in [0.25, 0.3) is 11.8 Å². The van der Waals surface area contributed by atoms with Gasteiger partial charge in [-0.2, -0.15) is 0 Å². The number of hydrogen-bond donors (Lipinski definition) is 1. The second kappa shape index (κ2) is 8.88. The quantitative estimate of drug-likeness (QED) is 0.295. The van der Waals surface area contributed by atoms with Crippen LogP contribution in [0.4, 0.5) is 10.1 Å². The Morgan fingerprint density at radius 2 is 1.72 bits per heavy atom. The Hall–Kier alpha value is -2.75. The van der Waals surface area contributed by atoms with Crippen molar-refractivity contribution in [2.75, 3.05) is 11.4 Å². The van der Waals surface area contributed by atoms with E-state index in [9.17, 15) is 28.7 Å². The number of carbonyl (C=O) groups is 4. The van der Waals surface area contributed by atoms with Crippen LogP contribution in [0.25, 0.3) is 0 Å². The molecule has 202 valence electrons. The van der Waals surface area contributed by atoms with Gasteiger partial charge in [-0.3, -0.25) is 24.1 Å². The van der Waals surface area contributed by atoms with Crippen LogP contribution in [0.5, 0.6) is 5.75 Å². The van der Waals surface area contributed by atoms with Crippen LogP contribution in [-0.2, 0) is 19.2 Å². The molecule has 0 aromatic heterocycles. The number of aromatic hydroxyl groups is 1. The first-order valence-corrected chi connectivity index (χ1v) is 14.1. The van der Waals surface area contributed by atoms with Crippen LogP contribution in [0.15, 0.2) is 58.6 Å². The molecule has 0 unspecified atom stereocenters. The van der Waals surface area contributed by atoms with E-state index in [0.29, 0.717) is 10.0 Å². The van der Waals surface area contributed by atoms with Gasteiger partial charge in [0.1, 0.15) is 11.6 Å². The zero-order chi connectivity index (χ0) is 28.0. The summed E-state index contributed by atoms with van der Waals surface area (Å²) in [5.41, 5.74) is 0.930. The molecule has 6 atom stereocenters. The van der Waals surface area contributed by atoms with E-state index >= 15 is 0 Å². The molecule has 1 saturated carbocycles. The van der Waals surface area contributed by atoms with Gasteiger partial charge in [0, 0.05) is 22.5 Å². The highest BCUT2D eigenvalue weighted by atomic mass is 79.9. The number of hydrogen-bond acceptors (Lipinski definition) is 5. The lowest BCUT2D eigenvalue weighted by molar-refractivity contribution is -0.140. The van der Waals surface area contributed by atoms with E-state index in [-0.39, 0.29) is 48.2 Å². The maximum atomic E-state index is 14.2. The SMILES string of the molecule is CCN1C(=O)[C@H]2[C@H](CC=C3[C@H]2C[C@@]2(Cl)C(=O)N(c4ccc(F)cc4)C(=O)[C@@]2(Cl)[C@H]3c2cc(Br)ccc2O)C1=O. The molecule has 2 aliphatic heterocycles. The summed E-state index contributed by atoms with van der Waals surface area (Å²) in [6.45, 7) is 1.93. The smallest absolute Gasteiger partial charge is 0.258 e. The summed E-state index contributed by atoms with van der Waals surface area (Å²) in [5, 5.41) is 11.0. The third kappa shape index (κ3) is 3.39. The Morgan fingerprint density at radius 1 is 1.03 bits per heavy atom. The number of amides is 4. The van der Waals surface area contributed by atoms with Crippen LogP contribution < -0.4 is 4.90 Å². The number of benzene rings is 2. The Morgan fingerprint density at radius 3 is 2.38 bits per heavy atom. The van der Waals surface area contributed by atoms with E-state index in [1.54, 1.807) is 25.1 Å². The molecule has 2 aromatic carbocycles. The van der Waals surface area contributed by atoms with Gasteiger partial charge in [-0.25, -0.2) is 9.29 Å². The number of likely N-dealkylation sites (tertiary alicyclic amines) is 1. The van der Waals surface area contributed by atoms with Gasteiger partial charge in [0.05, 0.1) is 17.5 Å². The number of rotatable bonds is 3. The number of allylic oxidation sites excluding steroid dienone is 2. The zero-order valence-corrected chi connectivity index (χ0v) is 23.6. The average Bonchev–Trinajstić information content (AvgIpc) is 3.24. The summed E-state index contributed by atoms with van der Waals surface area (Å²) in [6, 6.07) is 9.47. The predicted octanol–water partition coefficient (Wildman–Crippen LogP) is 4.88. The van der Waals surface area contributed by atoms with Crippen molar-refractivity contribution >= 4 is 68.4 Å². The van der Waals surface area contributed by atoms with E-state index < -0.39 is 51.1 Å². The second-order valence-electron chi connectivity index (χ2n) is 10.4. The number of phenols is 1. The van der Waals surface area contributed by atoms with Crippen LogP contribution in [0.2, 0.25) is 0 Å². The Bertz CT molecular complexity index is 1500. The molecule has 2 aliphatic carbocycles. The van der Waals surface area contributed by atoms with E-state index in [1.165, 1.54) is 23.1 Å². The number of fused-ring (bicyclic) bond motifs is 4. The molecule has 2 heterocycles. The predicted molar refractivity (Wildman–Crippen MR) is 145 cm³/mol. The molecule has 0 bridgehead atoms. The fraction of sp³-hybridized carbons (Fsp3) is 0.357. The summed E-state index contributed by atoms with van der Waals surface area (Å²) in [7, 11) is 0. The lowest BCUT2D eigenvalue weighted by Crippen LogP contribution is -2.60. The monoisotopic (exact) mass is 634 g/mol. The highest BCUT2D eigenvalue weighted by Gasteiger charge is 2.76. The van der Waals surface area contributed by atoms with E-state index in [2.05, 4.69) is 15.9 Å². The second-order valence-corrected chi connectivity index (χ2v) is 12.5. The van der Waals surface area contributed by atoms with Gasteiger partial charge >= 0.3 is 0 Å². The van der Waals surface area contributed by atoms with Gasteiger partial charge < -0.3 is 5.11 Å². The molecule has 6 rings (SSSR count). The first kappa shape index (κ1) is 26.5. The zero-order valence-electron chi connectivity index (χ0n) is 20.5. The summed E-state index contributed by atoms with van der Waals surface area (Å²) in [6.07, 6.45) is 1.88. The first-order valence-electron chi connectivity index (χ1n) is 12.5. The molecule has 0 radical (unpaired) electrons. The molecular weight excluding hydrogens is 614 g/mol. The maximum Gasteiger partial charge on any atom is 0.258 e. The molecule has 1 N–H and O–H groups in total. The van der Waals surface area contributed by atoms with Crippen molar-refractivity contribution in [1.29, 1.82) is 0 Å². The normalized spacial score (nSPS) is 33.7. The molecule has 2 saturated heterocycles. The van der Waals surface area contributed by atoms with Crippen molar-refractivity contribution in [3.05, 3.63) is 70.0 Å². The Labute approximate surface area is 241 Å². The van der Waals surface area contributed by atoms with Gasteiger partial charge in [-0.15, -0.1) is 23.2 Å². The third-order valence-corrected chi connectivity index (χ3v) is 10.5. The van der Waals surface area contributed by atoms with Gasteiger partial charge in [0.2, 0.25) is 11.8 Å². The fourth-order valence-electron chi connectivity index (χ4n) is 6.88. The number of imide groups is 2. The summed E-state index contributed by atoms with van der Waals surface area (Å²) in [5.74, 6) is -6.17. The average molecular weight is 636 g/mol. The van der Waals surface area contributed by atoms with Crippen LogP contribution >= 0.6 is 39.1 Å². The van der Waals surface area contributed by atoms with Crippen LogP contribution in [0.1, 0.15) is 31.2 Å². The van der Waals surface area contributed by atoms with Gasteiger partial charge in [0.15, 0.2) is 9.75 Å². The van der Waals surface area contributed by atoms with E-state index in [1.807, 2.05) is 0 Å². The number of anilines is 1. The molecule has 4 amide bonds. The molecule has 2 aromatic rings. The summed E-state index contributed by atoms with van der Waals surface area (Å²) >= 11 is 17.9. The fourth-order valence-corrected chi connectivity index (χ4v) is 8.18. The summed E-state index contributed by atoms with van der Waals surface area (Å²) in [4.78, 5) is 52.8. The largest absolute Gasteiger partial charge is 0.508 e. The Kier molecular flexibility index (Phi) is 6.03. The minimum absolute atomic E-state index is 0.0946. The maximum absolute atomic E-state index is 14.2. The van der Waals surface area contributed by atoms with E-state index in [4.69, 9.17) is 23.2 Å². The van der Waals surface area contributed by atoms with Crippen molar-refractivity contribution < 1.29 is 28.7 Å². The lowest BCUT2D eigenvalue weighted by Gasteiger charge is -2.50. The number of phenolic OH excluding ortho intramolecular Hbond substituents is 1. The molecule has 7 nitrogen and oxygen atoms in total. The van der Waals surface area contributed by atoms with Gasteiger partial charge in [-0.1, -0.05) is 27.6 Å². The van der Waals surface area contributed by atoms with Crippen LogP contribution in [-0.4, -0.2) is 49.9 Å². The molecular formula is C28H22BrCl2FN2O5. The topological polar surface area (TPSA) is 95.0 Å². The Balaban J connectivity index is 1.59.